The third-order valence-electron chi connectivity index (χ3n) is 4.16. The van der Waals surface area contributed by atoms with Gasteiger partial charge in [0.05, 0.1) is 18.1 Å². The minimum Gasteiger partial charge on any atom is -0.462 e. The Kier molecular flexibility index (Phi) is 6.36. The van der Waals surface area contributed by atoms with Crippen LogP contribution in [0.4, 0.5) is 10.7 Å². The first-order valence-corrected chi connectivity index (χ1v) is 9.74. The fraction of sp³-hybridized carbons (Fsp3) is 0.143. The van der Waals surface area contributed by atoms with E-state index in [1.54, 1.807) is 6.92 Å². The molecule has 0 radical (unpaired) electrons. The van der Waals surface area contributed by atoms with E-state index in [0.29, 0.717) is 16.1 Å². The summed E-state index contributed by atoms with van der Waals surface area (Å²) in [7, 11) is 0. The molecule has 3 rings (SSSR count). The Morgan fingerprint density at radius 1 is 1.10 bits per heavy atom. The van der Waals surface area contributed by atoms with Crippen LogP contribution in [0.25, 0.3) is 11.1 Å². The van der Waals surface area contributed by atoms with Gasteiger partial charge >= 0.3 is 5.97 Å². The maximum absolute atomic E-state index is 12.5. The largest absolute Gasteiger partial charge is 0.462 e. The van der Waals surface area contributed by atoms with Crippen molar-refractivity contribution < 1.29 is 19.2 Å². The Morgan fingerprint density at radius 2 is 1.79 bits per heavy atom. The van der Waals surface area contributed by atoms with Gasteiger partial charge in [-0.25, -0.2) is 4.79 Å². The lowest BCUT2D eigenvalue weighted by Crippen LogP contribution is -2.16. The first kappa shape index (κ1) is 20.2. The first-order valence-electron chi connectivity index (χ1n) is 8.86. The predicted molar refractivity (Wildman–Crippen MR) is 112 cm³/mol. The number of carbonyl (C=O) groups is 2. The normalized spacial score (nSPS) is 10.4. The molecule has 0 unspecified atom stereocenters. The summed E-state index contributed by atoms with van der Waals surface area (Å²) < 4.78 is 5.20. The van der Waals surface area contributed by atoms with Crippen LogP contribution in [0.5, 0.6) is 0 Å². The molecule has 2 aromatic carbocycles. The highest BCUT2D eigenvalue weighted by molar-refractivity contribution is 7.15. The number of thiophene rings is 1. The van der Waals surface area contributed by atoms with E-state index in [9.17, 15) is 19.7 Å². The maximum atomic E-state index is 12.5. The summed E-state index contributed by atoms with van der Waals surface area (Å²) in [6.45, 7) is 1.92. The molecule has 0 bridgehead atoms. The number of hydrogen-bond donors (Lipinski definition) is 1. The van der Waals surface area contributed by atoms with Crippen molar-refractivity contribution in [3.05, 3.63) is 81.2 Å². The second-order valence-electron chi connectivity index (χ2n) is 6.02. The van der Waals surface area contributed by atoms with E-state index < -0.39 is 10.9 Å². The number of carbonyl (C=O) groups excluding carboxylic acids is 2. The van der Waals surface area contributed by atoms with Crippen molar-refractivity contribution in [1.29, 1.82) is 0 Å². The molecule has 1 heterocycles. The molecule has 7 nitrogen and oxygen atoms in total. The minimum atomic E-state index is -0.519. The van der Waals surface area contributed by atoms with Crippen LogP contribution < -0.4 is 5.32 Å². The summed E-state index contributed by atoms with van der Waals surface area (Å²) in [4.78, 5) is 35.2. The van der Waals surface area contributed by atoms with Gasteiger partial charge in [0.1, 0.15) is 10.6 Å². The third kappa shape index (κ3) is 4.67. The second-order valence-corrected chi connectivity index (χ2v) is 6.90. The summed E-state index contributed by atoms with van der Waals surface area (Å²) in [5, 5.41) is 16.1. The lowest BCUT2D eigenvalue weighted by atomic mass is 10.0. The van der Waals surface area contributed by atoms with E-state index >= 15 is 0 Å². The number of anilines is 1. The van der Waals surface area contributed by atoms with Crippen molar-refractivity contribution in [3.8, 4) is 11.1 Å². The highest BCUT2D eigenvalue weighted by Crippen LogP contribution is 2.36. The number of nitrogens with zero attached hydrogens (tertiary/aromatic N) is 1. The molecule has 0 amide bonds. The molecule has 3 aromatic rings. The number of ether oxygens (including phenoxy) is 1. The topological polar surface area (TPSA) is 98.5 Å². The minimum absolute atomic E-state index is 0.0566. The number of nitrogens with one attached hydrogen (secondary N) is 1. The Morgan fingerprint density at radius 3 is 2.41 bits per heavy atom. The van der Waals surface area contributed by atoms with Crippen LogP contribution in [-0.4, -0.2) is 29.8 Å². The van der Waals surface area contributed by atoms with Gasteiger partial charge in [0, 0.05) is 28.6 Å². The molecule has 0 aliphatic rings. The smallest absolute Gasteiger partial charge is 0.341 e. The van der Waals surface area contributed by atoms with Crippen LogP contribution in [0, 0.1) is 10.1 Å². The van der Waals surface area contributed by atoms with Crippen LogP contribution in [0.3, 0.4) is 0 Å². The van der Waals surface area contributed by atoms with Gasteiger partial charge in [0.15, 0.2) is 5.78 Å². The Bertz CT molecular complexity index is 1030. The molecule has 1 aromatic heterocycles. The molecule has 0 aliphatic heterocycles. The van der Waals surface area contributed by atoms with E-state index in [1.807, 2.05) is 35.7 Å². The lowest BCUT2D eigenvalue weighted by Gasteiger charge is -2.09. The van der Waals surface area contributed by atoms with E-state index in [0.717, 1.165) is 11.1 Å². The van der Waals surface area contributed by atoms with Crippen molar-refractivity contribution in [2.24, 2.45) is 0 Å². The Labute approximate surface area is 171 Å². The number of non-ortho nitro benzene ring substituents is 1. The number of rotatable bonds is 8. The Balaban J connectivity index is 1.81. The SMILES string of the molecule is CCOC(=O)c1c(-c2ccccc2)csc1NCC(=O)c1ccc([N+](=O)[O-])cc1. The number of ketones is 1. The summed E-state index contributed by atoms with van der Waals surface area (Å²) in [6.07, 6.45) is 0. The molecule has 148 valence electrons. The molecular weight excluding hydrogens is 392 g/mol. The molecule has 0 saturated carbocycles. The molecular formula is C21H18N2O5S. The van der Waals surface area contributed by atoms with Crippen LogP contribution >= 0.6 is 11.3 Å². The van der Waals surface area contributed by atoms with Gasteiger partial charge in [-0.1, -0.05) is 30.3 Å². The van der Waals surface area contributed by atoms with Crippen molar-refractivity contribution >= 4 is 33.8 Å². The number of hydrogen-bond acceptors (Lipinski definition) is 7. The van der Waals surface area contributed by atoms with Gasteiger partial charge < -0.3 is 10.1 Å². The zero-order valence-corrected chi connectivity index (χ0v) is 16.4. The summed E-state index contributed by atoms with van der Waals surface area (Å²) in [5.41, 5.74) is 2.27. The van der Waals surface area contributed by atoms with E-state index in [4.69, 9.17) is 4.74 Å². The number of benzene rings is 2. The van der Waals surface area contributed by atoms with Gasteiger partial charge in [-0.3, -0.25) is 14.9 Å². The summed E-state index contributed by atoms with van der Waals surface area (Å²) in [6, 6.07) is 14.9. The third-order valence-corrected chi connectivity index (χ3v) is 5.10. The number of nitro benzene ring substituents is 1. The number of nitro groups is 1. The van der Waals surface area contributed by atoms with E-state index in [2.05, 4.69) is 5.32 Å². The molecule has 29 heavy (non-hydrogen) atoms. The van der Waals surface area contributed by atoms with Gasteiger partial charge in [-0.2, -0.15) is 0 Å². The second kappa shape index (κ2) is 9.11. The molecule has 0 spiro atoms. The summed E-state index contributed by atoms with van der Waals surface area (Å²) in [5.74, 6) is -0.706. The number of esters is 1. The van der Waals surface area contributed by atoms with Crippen molar-refractivity contribution in [2.75, 3.05) is 18.5 Å². The van der Waals surface area contributed by atoms with Crippen molar-refractivity contribution in [2.45, 2.75) is 6.92 Å². The number of Topliss-reactive ketones (excluding diaryl/α,β-unsaturated/α-hetero) is 1. The van der Waals surface area contributed by atoms with Gasteiger partial charge in [0.2, 0.25) is 0 Å². The van der Waals surface area contributed by atoms with Gasteiger partial charge in [0.25, 0.3) is 5.69 Å². The molecule has 0 aliphatic carbocycles. The molecule has 0 atom stereocenters. The van der Waals surface area contributed by atoms with E-state index in [-0.39, 0.29) is 24.6 Å². The predicted octanol–water partition coefficient (Wildman–Crippen LogP) is 4.79. The lowest BCUT2D eigenvalue weighted by molar-refractivity contribution is -0.384. The monoisotopic (exact) mass is 410 g/mol. The average Bonchev–Trinajstić information content (AvgIpc) is 3.17. The summed E-state index contributed by atoms with van der Waals surface area (Å²) >= 11 is 1.32. The Hall–Kier alpha value is -3.52. The molecule has 8 heteroatoms. The zero-order valence-electron chi connectivity index (χ0n) is 15.6. The van der Waals surface area contributed by atoms with Crippen molar-refractivity contribution in [1.82, 2.24) is 0 Å². The quantitative estimate of drug-likeness (QED) is 0.248. The molecule has 0 fully saturated rings. The fourth-order valence-corrected chi connectivity index (χ4v) is 3.71. The maximum Gasteiger partial charge on any atom is 0.341 e. The highest BCUT2D eigenvalue weighted by atomic mass is 32.1. The standard InChI is InChI=1S/C21H18N2O5S/c1-2-28-21(25)19-17(14-6-4-3-5-7-14)13-29-20(19)22-12-18(24)15-8-10-16(11-9-15)23(26)27/h3-11,13,22H,2,12H2,1H3. The van der Waals surface area contributed by atoms with Gasteiger partial charge in [-0.05, 0) is 24.6 Å². The van der Waals surface area contributed by atoms with Crippen LogP contribution in [-0.2, 0) is 4.74 Å². The van der Waals surface area contributed by atoms with Crippen LogP contribution in [0.1, 0.15) is 27.6 Å². The molecule has 0 saturated heterocycles. The van der Waals surface area contributed by atoms with Gasteiger partial charge in [-0.15, -0.1) is 11.3 Å². The molecule has 1 N–H and O–H groups in total. The zero-order chi connectivity index (χ0) is 20.8. The average molecular weight is 410 g/mol. The van der Waals surface area contributed by atoms with Crippen molar-refractivity contribution in [3.63, 3.8) is 0 Å². The fourth-order valence-electron chi connectivity index (χ4n) is 2.76. The van der Waals surface area contributed by atoms with Crippen LogP contribution in [0.15, 0.2) is 60.0 Å². The first-order chi connectivity index (χ1) is 14.0. The highest BCUT2D eigenvalue weighted by Gasteiger charge is 2.22. The van der Waals surface area contributed by atoms with Crippen LogP contribution in [0.2, 0.25) is 0 Å². The van der Waals surface area contributed by atoms with E-state index in [1.165, 1.54) is 35.6 Å².